The molecule has 0 aromatic heterocycles. The van der Waals surface area contributed by atoms with Gasteiger partial charge in [-0.2, -0.15) is 0 Å². The van der Waals surface area contributed by atoms with E-state index in [0.717, 1.165) is 0 Å². The largest absolute Gasteiger partial charge is 0.493 e. The average molecular weight is 312 g/mol. The van der Waals surface area contributed by atoms with Crippen molar-refractivity contribution in [2.24, 2.45) is 0 Å². The topological polar surface area (TPSA) is 72.8 Å². The summed E-state index contributed by atoms with van der Waals surface area (Å²) in [5, 5.41) is 9.42. The highest BCUT2D eigenvalue weighted by Crippen LogP contribution is 2.30. The third-order valence-corrected chi connectivity index (χ3v) is 3.07. The Kier molecular flexibility index (Phi) is 5.15. The number of carboxylic acids is 1. The zero-order valence-electron chi connectivity index (χ0n) is 12.8. The molecule has 0 bridgehead atoms. The fraction of sp³-hybridized carbons (Fsp3) is 0.111. The minimum atomic E-state index is -1.03. The minimum Gasteiger partial charge on any atom is -0.493 e. The van der Waals surface area contributed by atoms with Crippen LogP contribution in [-0.2, 0) is 9.59 Å². The van der Waals surface area contributed by atoms with Crippen LogP contribution in [0.2, 0.25) is 0 Å². The molecule has 0 unspecified atom stereocenters. The Morgan fingerprint density at radius 1 is 1.04 bits per heavy atom. The highest BCUT2D eigenvalue weighted by atomic mass is 16.6. The van der Waals surface area contributed by atoms with E-state index in [2.05, 4.69) is 0 Å². The first-order chi connectivity index (χ1) is 11.0. The molecule has 0 aliphatic rings. The van der Waals surface area contributed by atoms with Crippen LogP contribution < -0.4 is 9.47 Å². The highest BCUT2D eigenvalue weighted by molar-refractivity contribution is 6.20. The van der Waals surface area contributed by atoms with E-state index in [4.69, 9.17) is 9.47 Å². The first kappa shape index (κ1) is 16.3. The molecule has 2 aromatic rings. The summed E-state index contributed by atoms with van der Waals surface area (Å²) in [4.78, 5) is 22.6. The number of benzene rings is 2. The molecule has 5 heteroatoms. The van der Waals surface area contributed by atoms with E-state index < -0.39 is 11.9 Å². The Labute approximate surface area is 133 Å². The molecule has 0 radical (unpaired) electrons. The summed E-state index contributed by atoms with van der Waals surface area (Å²) in [6.07, 6.45) is 1.54. The van der Waals surface area contributed by atoms with Gasteiger partial charge in [0.2, 0.25) is 0 Å². The second-order valence-electron chi connectivity index (χ2n) is 4.73. The van der Waals surface area contributed by atoms with Crippen LogP contribution in [0.3, 0.4) is 0 Å². The molecule has 23 heavy (non-hydrogen) atoms. The fourth-order valence-electron chi connectivity index (χ4n) is 2.07. The number of hydrogen-bond acceptors (Lipinski definition) is 4. The molecule has 0 heterocycles. The lowest BCUT2D eigenvalue weighted by atomic mass is 10.0. The molecule has 1 N–H and O–H groups in total. The zero-order valence-corrected chi connectivity index (χ0v) is 12.8. The van der Waals surface area contributed by atoms with Crippen molar-refractivity contribution in [3.05, 3.63) is 59.7 Å². The Morgan fingerprint density at radius 2 is 1.74 bits per heavy atom. The SMILES string of the molecule is COc1cc(/C=C(/C(=O)O)c2ccccc2)ccc1OC(C)=O. The van der Waals surface area contributed by atoms with Crippen molar-refractivity contribution in [3.8, 4) is 11.5 Å². The fourth-order valence-corrected chi connectivity index (χ4v) is 2.07. The van der Waals surface area contributed by atoms with Crippen molar-refractivity contribution >= 4 is 23.6 Å². The predicted octanol–water partition coefficient (Wildman–Crippen LogP) is 3.25. The molecule has 0 saturated carbocycles. The number of aliphatic carboxylic acids is 1. The number of esters is 1. The van der Waals surface area contributed by atoms with E-state index in [9.17, 15) is 14.7 Å². The van der Waals surface area contributed by atoms with Gasteiger partial charge in [-0.15, -0.1) is 0 Å². The Bertz CT molecular complexity index is 747. The number of carboxylic acid groups (broad SMARTS) is 1. The van der Waals surface area contributed by atoms with Crippen molar-refractivity contribution in [1.82, 2.24) is 0 Å². The summed E-state index contributed by atoms with van der Waals surface area (Å²) in [5.74, 6) is -0.846. The molecule has 5 nitrogen and oxygen atoms in total. The van der Waals surface area contributed by atoms with E-state index in [0.29, 0.717) is 16.9 Å². The number of carbonyl (C=O) groups excluding carboxylic acids is 1. The molecule has 0 spiro atoms. The van der Waals surface area contributed by atoms with E-state index in [1.54, 1.807) is 42.5 Å². The van der Waals surface area contributed by atoms with Gasteiger partial charge in [0.05, 0.1) is 12.7 Å². The summed E-state index contributed by atoms with van der Waals surface area (Å²) < 4.78 is 10.2. The van der Waals surface area contributed by atoms with Crippen molar-refractivity contribution in [2.75, 3.05) is 7.11 Å². The van der Waals surface area contributed by atoms with Crippen molar-refractivity contribution in [3.63, 3.8) is 0 Å². The maximum absolute atomic E-state index is 11.5. The zero-order chi connectivity index (χ0) is 16.8. The molecule has 2 aromatic carbocycles. The number of hydrogen-bond donors (Lipinski definition) is 1. The minimum absolute atomic E-state index is 0.160. The standard InChI is InChI=1S/C18H16O5/c1-12(19)23-16-9-8-13(11-17(16)22-2)10-15(18(20)21)14-6-4-3-5-7-14/h3-11H,1-2H3,(H,20,21)/b15-10+. The lowest BCUT2D eigenvalue weighted by Crippen LogP contribution is -2.03. The smallest absolute Gasteiger partial charge is 0.336 e. The van der Waals surface area contributed by atoms with E-state index in [1.165, 1.54) is 20.1 Å². The number of rotatable bonds is 5. The second kappa shape index (κ2) is 7.26. The van der Waals surface area contributed by atoms with Gasteiger partial charge >= 0.3 is 11.9 Å². The summed E-state index contributed by atoms with van der Waals surface area (Å²) in [7, 11) is 1.45. The molecule has 0 atom stereocenters. The summed E-state index contributed by atoms with van der Waals surface area (Å²) in [5.41, 5.74) is 1.38. The molecule has 0 fully saturated rings. The monoisotopic (exact) mass is 312 g/mol. The average Bonchev–Trinajstić information content (AvgIpc) is 2.53. The normalized spacial score (nSPS) is 11.0. The van der Waals surface area contributed by atoms with E-state index >= 15 is 0 Å². The van der Waals surface area contributed by atoms with Crippen LogP contribution in [0.4, 0.5) is 0 Å². The number of carbonyl (C=O) groups is 2. The molecule has 0 aliphatic carbocycles. The Balaban J connectivity index is 2.43. The number of ether oxygens (including phenoxy) is 2. The molecule has 118 valence electrons. The first-order valence-electron chi connectivity index (χ1n) is 6.88. The summed E-state index contributed by atoms with van der Waals surface area (Å²) >= 11 is 0. The first-order valence-corrected chi connectivity index (χ1v) is 6.88. The van der Waals surface area contributed by atoms with Crippen LogP contribution >= 0.6 is 0 Å². The maximum atomic E-state index is 11.5. The van der Waals surface area contributed by atoms with Crippen LogP contribution in [0.15, 0.2) is 48.5 Å². The van der Waals surface area contributed by atoms with Crippen molar-refractivity contribution in [2.45, 2.75) is 6.92 Å². The van der Waals surface area contributed by atoms with Gasteiger partial charge in [-0.1, -0.05) is 36.4 Å². The van der Waals surface area contributed by atoms with Gasteiger partial charge in [0, 0.05) is 6.92 Å². The number of methoxy groups -OCH3 is 1. The van der Waals surface area contributed by atoms with Gasteiger partial charge in [0.25, 0.3) is 0 Å². The second-order valence-corrected chi connectivity index (χ2v) is 4.73. The third kappa shape index (κ3) is 4.20. The van der Waals surface area contributed by atoms with Gasteiger partial charge in [-0.3, -0.25) is 4.79 Å². The quantitative estimate of drug-likeness (QED) is 0.397. The molecule has 0 saturated heterocycles. The van der Waals surface area contributed by atoms with Crippen molar-refractivity contribution < 1.29 is 24.2 Å². The van der Waals surface area contributed by atoms with Crippen LogP contribution in [0.1, 0.15) is 18.1 Å². The van der Waals surface area contributed by atoms with E-state index in [-0.39, 0.29) is 11.3 Å². The van der Waals surface area contributed by atoms with Crippen LogP contribution in [0.25, 0.3) is 11.6 Å². The highest BCUT2D eigenvalue weighted by Gasteiger charge is 2.12. The summed E-state index contributed by atoms with van der Waals surface area (Å²) in [6.45, 7) is 1.30. The summed E-state index contributed by atoms with van der Waals surface area (Å²) in [6, 6.07) is 13.7. The predicted molar refractivity (Wildman–Crippen MR) is 86.3 cm³/mol. The lowest BCUT2D eigenvalue weighted by Gasteiger charge is -2.09. The third-order valence-electron chi connectivity index (χ3n) is 3.07. The Hall–Kier alpha value is -3.08. The van der Waals surface area contributed by atoms with Crippen LogP contribution in [-0.4, -0.2) is 24.2 Å². The van der Waals surface area contributed by atoms with Gasteiger partial charge in [0.1, 0.15) is 0 Å². The van der Waals surface area contributed by atoms with Gasteiger partial charge < -0.3 is 14.6 Å². The molecule has 2 rings (SSSR count). The van der Waals surface area contributed by atoms with Gasteiger partial charge in [0.15, 0.2) is 11.5 Å². The van der Waals surface area contributed by atoms with Crippen LogP contribution in [0, 0.1) is 0 Å². The van der Waals surface area contributed by atoms with Gasteiger partial charge in [-0.05, 0) is 29.3 Å². The van der Waals surface area contributed by atoms with Crippen molar-refractivity contribution in [1.29, 1.82) is 0 Å². The molecule has 0 amide bonds. The molecule has 0 aliphatic heterocycles. The maximum Gasteiger partial charge on any atom is 0.336 e. The molecular weight excluding hydrogens is 296 g/mol. The van der Waals surface area contributed by atoms with Crippen LogP contribution in [0.5, 0.6) is 11.5 Å². The lowest BCUT2D eigenvalue weighted by molar-refractivity contribution is -0.132. The Morgan fingerprint density at radius 3 is 2.30 bits per heavy atom. The molecular formula is C18H16O5. The van der Waals surface area contributed by atoms with Gasteiger partial charge in [-0.25, -0.2) is 4.79 Å². The van der Waals surface area contributed by atoms with E-state index in [1.807, 2.05) is 6.07 Å².